The van der Waals surface area contributed by atoms with E-state index in [1.54, 1.807) is 22.5 Å². The van der Waals surface area contributed by atoms with E-state index in [1.165, 1.54) is 25.7 Å². The molecule has 2 aliphatic heterocycles. The van der Waals surface area contributed by atoms with Crippen molar-refractivity contribution < 1.29 is 13.5 Å². The van der Waals surface area contributed by atoms with Gasteiger partial charge in [0.25, 0.3) is 10.0 Å². The first-order valence-electron chi connectivity index (χ1n) is 11.1. The number of sulfonamides is 1. The van der Waals surface area contributed by atoms with Gasteiger partial charge < -0.3 is 5.11 Å². The van der Waals surface area contributed by atoms with Crippen molar-refractivity contribution in [2.24, 2.45) is 5.92 Å². The number of aliphatic hydroxyl groups excluding tert-OH is 1. The number of para-hydroxylation sites is 1. The summed E-state index contributed by atoms with van der Waals surface area (Å²) in [5.74, 6) is 0.857. The Bertz CT molecular complexity index is 1030. The molecule has 0 radical (unpaired) electrons. The molecule has 6 heteroatoms. The Hall–Kier alpha value is -1.89. The Labute approximate surface area is 179 Å². The molecule has 2 fully saturated rings. The zero-order valence-electron chi connectivity index (χ0n) is 17.4. The topological polar surface area (TPSA) is 60.9 Å². The molecule has 1 N–H and O–H groups in total. The van der Waals surface area contributed by atoms with Gasteiger partial charge in [0.1, 0.15) is 0 Å². The normalized spacial score (nSPS) is 26.9. The van der Waals surface area contributed by atoms with E-state index in [1.807, 2.05) is 37.3 Å². The fourth-order valence-electron chi connectivity index (χ4n) is 5.82. The van der Waals surface area contributed by atoms with Crippen molar-refractivity contribution in [2.75, 3.05) is 24.0 Å². The number of aryl methyl sites for hydroxylation is 1. The summed E-state index contributed by atoms with van der Waals surface area (Å²) in [6.45, 7) is 3.45. The Kier molecular flexibility index (Phi) is 5.12. The van der Waals surface area contributed by atoms with Crippen LogP contribution in [0.15, 0.2) is 53.4 Å². The van der Waals surface area contributed by atoms with Gasteiger partial charge >= 0.3 is 0 Å². The van der Waals surface area contributed by atoms with E-state index in [2.05, 4.69) is 4.90 Å². The van der Waals surface area contributed by atoms with E-state index in [9.17, 15) is 13.5 Å². The van der Waals surface area contributed by atoms with Crippen LogP contribution in [0.25, 0.3) is 0 Å². The third-order valence-electron chi connectivity index (χ3n) is 7.31. The zero-order chi connectivity index (χ0) is 20.9. The van der Waals surface area contributed by atoms with Crippen LogP contribution >= 0.6 is 0 Å². The van der Waals surface area contributed by atoms with Gasteiger partial charge in [-0.2, -0.15) is 0 Å². The number of benzene rings is 2. The molecular weight excluding hydrogens is 396 g/mol. The van der Waals surface area contributed by atoms with Gasteiger partial charge in [-0.05, 0) is 55.0 Å². The first kappa shape index (κ1) is 20.0. The number of likely N-dealkylation sites (tertiary alicyclic amines) is 1. The molecule has 3 atom stereocenters. The molecule has 1 saturated heterocycles. The maximum Gasteiger partial charge on any atom is 0.264 e. The predicted octanol–water partition coefficient (Wildman–Crippen LogP) is 3.52. The van der Waals surface area contributed by atoms with Crippen molar-refractivity contribution in [3.8, 4) is 0 Å². The molecule has 0 bridgehead atoms. The van der Waals surface area contributed by atoms with Gasteiger partial charge in [0.2, 0.25) is 0 Å². The highest BCUT2D eigenvalue weighted by atomic mass is 32.2. The Morgan fingerprint density at radius 2 is 1.83 bits per heavy atom. The Morgan fingerprint density at radius 1 is 1.07 bits per heavy atom. The van der Waals surface area contributed by atoms with Gasteiger partial charge in [0.15, 0.2) is 0 Å². The first-order valence-corrected chi connectivity index (χ1v) is 12.5. The van der Waals surface area contributed by atoms with Crippen molar-refractivity contribution in [2.45, 2.75) is 55.5 Å². The summed E-state index contributed by atoms with van der Waals surface area (Å²) in [5, 5.41) is 10.2. The molecule has 0 aromatic heterocycles. The van der Waals surface area contributed by atoms with Crippen LogP contribution in [0.2, 0.25) is 0 Å². The number of aliphatic hydroxyl groups is 1. The van der Waals surface area contributed by atoms with Crippen molar-refractivity contribution in [1.82, 2.24) is 4.90 Å². The maximum atomic E-state index is 13.6. The molecular formula is C24H30N2O3S. The quantitative estimate of drug-likeness (QED) is 0.795. The third kappa shape index (κ3) is 3.17. The van der Waals surface area contributed by atoms with Crippen LogP contribution in [0.5, 0.6) is 0 Å². The molecule has 2 heterocycles. The number of nitrogens with zero attached hydrogens (tertiary/aromatic N) is 2. The molecule has 2 aromatic carbocycles. The summed E-state index contributed by atoms with van der Waals surface area (Å²) >= 11 is 0. The van der Waals surface area contributed by atoms with Crippen LogP contribution < -0.4 is 4.31 Å². The highest BCUT2D eigenvalue weighted by Gasteiger charge is 2.54. The van der Waals surface area contributed by atoms with Crippen molar-refractivity contribution in [3.63, 3.8) is 0 Å². The molecule has 1 saturated carbocycles. The second kappa shape index (κ2) is 7.66. The first-order chi connectivity index (χ1) is 14.5. The molecule has 160 valence electrons. The molecule has 1 aliphatic carbocycles. The van der Waals surface area contributed by atoms with Crippen LogP contribution in [0.1, 0.15) is 42.7 Å². The van der Waals surface area contributed by atoms with E-state index < -0.39 is 10.0 Å². The molecule has 5 nitrogen and oxygen atoms in total. The van der Waals surface area contributed by atoms with Gasteiger partial charge in [-0.1, -0.05) is 43.2 Å². The SMILES string of the molecule is Cc1cccc(S(=O)(=O)N2C[C@@H]3[C@H](c4ccccc42)[C@@H](CO)N3CC2CCCC2)c1. The number of fused-ring (bicyclic) bond motifs is 3. The van der Waals surface area contributed by atoms with Crippen molar-refractivity contribution >= 4 is 15.7 Å². The monoisotopic (exact) mass is 426 g/mol. The molecule has 5 rings (SSSR count). The minimum absolute atomic E-state index is 0.0839. The Morgan fingerprint density at radius 3 is 2.57 bits per heavy atom. The van der Waals surface area contributed by atoms with Crippen molar-refractivity contribution in [3.05, 3.63) is 59.7 Å². The highest BCUT2D eigenvalue weighted by Crippen LogP contribution is 2.50. The molecule has 0 unspecified atom stereocenters. The summed E-state index contributed by atoms with van der Waals surface area (Å²) < 4.78 is 28.9. The number of anilines is 1. The lowest BCUT2D eigenvalue weighted by atomic mass is 9.72. The third-order valence-corrected chi connectivity index (χ3v) is 9.08. The van der Waals surface area contributed by atoms with E-state index in [4.69, 9.17) is 0 Å². The van der Waals surface area contributed by atoms with Gasteiger partial charge in [-0.25, -0.2) is 8.42 Å². The largest absolute Gasteiger partial charge is 0.395 e. The predicted molar refractivity (Wildman–Crippen MR) is 118 cm³/mol. The standard InChI is InChI=1S/C24H30N2O3S/c1-17-7-6-10-19(13-17)30(28,29)26-15-22-24(20-11-4-5-12-21(20)26)23(16-27)25(22)14-18-8-2-3-9-18/h4-7,10-13,18,22-24,27H,2-3,8-9,14-16H2,1H3/t22-,23-,24+/m1/s1. The van der Waals surface area contributed by atoms with Gasteiger partial charge in [0.05, 0.1) is 23.7 Å². The van der Waals surface area contributed by atoms with Gasteiger partial charge in [-0.3, -0.25) is 9.21 Å². The van der Waals surface area contributed by atoms with Gasteiger partial charge in [0, 0.05) is 24.5 Å². The van der Waals surface area contributed by atoms with Gasteiger partial charge in [-0.15, -0.1) is 0 Å². The van der Waals surface area contributed by atoms with Crippen LogP contribution in [-0.2, 0) is 10.0 Å². The summed E-state index contributed by atoms with van der Waals surface area (Å²) in [6.07, 6.45) is 5.06. The lowest BCUT2D eigenvalue weighted by Crippen LogP contribution is -2.69. The maximum absolute atomic E-state index is 13.6. The fourth-order valence-corrected chi connectivity index (χ4v) is 7.44. The second-order valence-corrected chi connectivity index (χ2v) is 11.0. The smallest absolute Gasteiger partial charge is 0.264 e. The van der Waals surface area contributed by atoms with E-state index in [0.717, 1.165) is 23.4 Å². The van der Waals surface area contributed by atoms with E-state index >= 15 is 0 Å². The molecule has 2 aromatic rings. The summed E-state index contributed by atoms with van der Waals surface area (Å²) in [4.78, 5) is 2.73. The average molecular weight is 427 g/mol. The van der Waals surface area contributed by atoms with Crippen LogP contribution in [0.4, 0.5) is 5.69 Å². The zero-order valence-corrected chi connectivity index (χ0v) is 18.3. The summed E-state index contributed by atoms with van der Waals surface area (Å²) in [5.41, 5.74) is 2.75. The summed E-state index contributed by atoms with van der Waals surface area (Å²) in [7, 11) is -3.65. The van der Waals surface area contributed by atoms with Crippen molar-refractivity contribution in [1.29, 1.82) is 0 Å². The highest BCUT2D eigenvalue weighted by molar-refractivity contribution is 7.92. The minimum Gasteiger partial charge on any atom is -0.395 e. The number of rotatable bonds is 5. The number of hydrogen-bond donors (Lipinski definition) is 1. The molecule has 0 spiro atoms. The lowest BCUT2D eigenvalue weighted by molar-refractivity contribution is -0.0502. The van der Waals surface area contributed by atoms with Crippen LogP contribution in [0, 0.1) is 12.8 Å². The molecule has 3 aliphatic rings. The van der Waals surface area contributed by atoms with Crippen LogP contribution in [-0.4, -0.2) is 50.2 Å². The number of hydrogen-bond acceptors (Lipinski definition) is 4. The van der Waals surface area contributed by atoms with Crippen LogP contribution in [0.3, 0.4) is 0 Å². The minimum atomic E-state index is -3.65. The lowest BCUT2D eigenvalue weighted by Gasteiger charge is -2.59. The van der Waals surface area contributed by atoms with E-state index in [0.29, 0.717) is 17.4 Å². The molecule has 0 amide bonds. The fraction of sp³-hybridized carbons (Fsp3) is 0.500. The van der Waals surface area contributed by atoms with E-state index in [-0.39, 0.29) is 24.6 Å². The second-order valence-electron chi connectivity index (χ2n) is 9.10. The summed E-state index contributed by atoms with van der Waals surface area (Å²) in [6, 6.07) is 15.2. The molecule has 30 heavy (non-hydrogen) atoms. The average Bonchev–Trinajstić information content (AvgIpc) is 3.25. The Balaban J connectivity index is 1.52.